The minimum absolute atomic E-state index is 0.150. The van der Waals surface area contributed by atoms with Gasteiger partial charge < -0.3 is 20.9 Å². The lowest BCUT2D eigenvalue weighted by atomic mass is 10.1. The quantitative estimate of drug-likeness (QED) is 0.689. The van der Waals surface area contributed by atoms with E-state index in [1.807, 2.05) is 33.2 Å². The molecule has 6 heteroatoms. The van der Waals surface area contributed by atoms with E-state index >= 15 is 0 Å². The number of anilines is 2. The van der Waals surface area contributed by atoms with Gasteiger partial charge in [-0.15, -0.1) is 0 Å². The van der Waals surface area contributed by atoms with Crippen LogP contribution < -0.4 is 16.0 Å². The van der Waals surface area contributed by atoms with Crippen molar-refractivity contribution in [3.8, 4) is 0 Å². The van der Waals surface area contributed by atoms with Crippen molar-refractivity contribution < 1.29 is 9.59 Å². The molecule has 1 aliphatic heterocycles. The molecule has 0 fully saturated rings. The van der Waals surface area contributed by atoms with Gasteiger partial charge in [-0.05, 0) is 50.8 Å². The maximum Gasteiger partial charge on any atom is 0.257 e. The van der Waals surface area contributed by atoms with E-state index in [1.165, 1.54) is 5.56 Å². The minimum atomic E-state index is -0.185. The molecule has 2 aromatic carbocycles. The zero-order valence-corrected chi connectivity index (χ0v) is 15.8. The Hall–Kier alpha value is -3.12. The van der Waals surface area contributed by atoms with E-state index in [4.69, 9.17) is 0 Å². The van der Waals surface area contributed by atoms with Crippen LogP contribution in [0.3, 0.4) is 0 Å². The molecule has 0 saturated carbocycles. The van der Waals surface area contributed by atoms with Gasteiger partial charge in [0.25, 0.3) is 11.8 Å². The van der Waals surface area contributed by atoms with Crippen LogP contribution in [0.15, 0.2) is 48.7 Å². The Bertz CT molecular complexity index is 886. The highest BCUT2D eigenvalue weighted by Gasteiger charge is 2.25. The zero-order valence-electron chi connectivity index (χ0n) is 15.8. The molecule has 0 bridgehead atoms. The van der Waals surface area contributed by atoms with E-state index in [0.29, 0.717) is 23.4 Å². The number of amides is 2. The van der Waals surface area contributed by atoms with Gasteiger partial charge >= 0.3 is 0 Å². The summed E-state index contributed by atoms with van der Waals surface area (Å²) in [5, 5.41) is 8.76. The first-order chi connectivity index (χ1) is 13.0. The molecule has 0 saturated heterocycles. The van der Waals surface area contributed by atoms with Crippen molar-refractivity contribution in [2.75, 3.05) is 31.3 Å². The lowest BCUT2D eigenvalue weighted by Crippen LogP contribution is -2.22. The van der Waals surface area contributed by atoms with Crippen LogP contribution in [0.25, 0.3) is 5.57 Å². The third-order valence-electron chi connectivity index (χ3n) is 4.24. The third-order valence-corrected chi connectivity index (χ3v) is 4.24. The molecule has 0 aliphatic carbocycles. The van der Waals surface area contributed by atoms with Crippen molar-refractivity contribution in [1.82, 2.24) is 10.2 Å². The number of fused-ring (bicyclic) bond motifs is 1. The Kier molecular flexibility index (Phi) is 5.57. The highest BCUT2D eigenvalue weighted by atomic mass is 16.2. The average molecular weight is 364 g/mol. The molecule has 2 aromatic rings. The van der Waals surface area contributed by atoms with E-state index in [0.717, 1.165) is 17.8 Å². The molecule has 0 atom stereocenters. The zero-order chi connectivity index (χ0) is 19.4. The Morgan fingerprint density at radius 2 is 1.89 bits per heavy atom. The molecule has 2 amide bonds. The molecule has 0 unspecified atom stereocenters. The number of rotatable bonds is 6. The summed E-state index contributed by atoms with van der Waals surface area (Å²) in [6.07, 6.45) is 1.70. The first-order valence-corrected chi connectivity index (χ1v) is 8.92. The van der Waals surface area contributed by atoms with E-state index in [2.05, 4.69) is 33.0 Å². The number of hydrogen-bond acceptors (Lipinski definition) is 4. The molecule has 3 rings (SSSR count). The van der Waals surface area contributed by atoms with Gasteiger partial charge in [-0.2, -0.15) is 0 Å². The average Bonchev–Trinajstić information content (AvgIpc) is 2.95. The van der Waals surface area contributed by atoms with Crippen LogP contribution in [-0.4, -0.2) is 37.4 Å². The highest BCUT2D eigenvalue weighted by Crippen LogP contribution is 2.32. The normalized spacial score (nSPS) is 14.2. The van der Waals surface area contributed by atoms with Crippen molar-refractivity contribution in [2.24, 2.45) is 0 Å². The summed E-state index contributed by atoms with van der Waals surface area (Å²) >= 11 is 0. The predicted octanol–water partition coefficient (Wildman–Crippen LogP) is 2.90. The molecular weight excluding hydrogens is 340 g/mol. The van der Waals surface area contributed by atoms with Crippen LogP contribution in [0, 0.1) is 0 Å². The number of benzene rings is 2. The van der Waals surface area contributed by atoms with Crippen LogP contribution in [-0.2, 0) is 11.3 Å². The van der Waals surface area contributed by atoms with Crippen molar-refractivity contribution >= 4 is 28.8 Å². The number of hydrogen-bond donors (Lipinski definition) is 3. The number of carbonyl (C=O) groups is 2. The Morgan fingerprint density at radius 1 is 1.15 bits per heavy atom. The highest BCUT2D eigenvalue weighted by molar-refractivity contribution is 6.32. The predicted molar refractivity (Wildman–Crippen MR) is 109 cm³/mol. The van der Waals surface area contributed by atoms with E-state index in [9.17, 15) is 9.59 Å². The second-order valence-corrected chi connectivity index (χ2v) is 6.71. The van der Waals surface area contributed by atoms with E-state index < -0.39 is 0 Å². The van der Waals surface area contributed by atoms with E-state index in [1.54, 1.807) is 24.4 Å². The minimum Gasteiger partial charge on any atom is -0.361 e. The summed E-state index contributed by atoms with van der Waals surface area (Å²) in [5.74, 6) is -0.335. The first kappa shape index (κ1) is 18.7. The molecule has 1 aliphatic rings. The lowest BCUT2D eigenvalue weighted by Gasteiger charge is -2.10. The number of carbonyl (C=O) groups excluding carboxylic acids is 2. The maximum atomic E-state index is 12.3. The Labute approximate surface area is 159 Å². The van der Waals surface area contributed by atoms with Crippen LogP contribution in [0.1, 0.15) is 28.4 Å². The van der Waals surface area contributed by atoms with Gasteiger partial charge in [0.15, 0.2) is 0 Å². The second-order valence-electron chi connectivity index (χ2n) is 6.71. The summed E-state index contributed by atoms with van der Waals surface area (Å²) in [5.41, 5.74) is 4.64. The van der Waals surface area contributed by atoms with Crippen LogP contribution in [0.2, 0.25) is 0 Å². The van der Waals surface area contributed by atoms with Crippen LogP contribution in [0.4, 0.5) is 11.4 Å². The molecule has 0 radical (unpaired) electrons. The Morgan fingerprint density at radius 3 is 2.56 bits per heavy atom. The monoisotopic (exact) mass is 364 g/mol. The van der Waals surface area contributed by atoms with Crippen LogP contribution in [0.5, 0.6) is 0 Å². The fourth-order valence-corrected chi connectivity index (χ4v) is 2.97. The largest absolute Gasteiger partial charge is 0.361 e. The van der Waals surface area contributed by atoms with Crippen molar-refractivity contribution in [3.05, 3.63) is 65.4 Å². The maximum absolute atomic E-state index is 12.3. The SMILES string of the molecule is CCNC(=O)c1ccc2c(c1)NC(=O)/C2=C\Nc1ccc(CN(C)C)cc1. The fourth-order valence-electron chi connectivity index (χ4n) is 2.97. The molecule has 0 aromatic heterocycles. The molecule has 6 nitrogen and oxygen atoms in total. The van der Waals surface area contributed by atoms with Gasteiger partial charge in [-0.3, -0.25) is 9.59 Å². The first-order valence-electron chi connectivity index (χ1n) is 8.92. The van der Waals surface area contributed by atoms with Gasteiger partial charge in [0.2, 0.25) is 0 Å². The van der Waals surface area contributed by atoms with Crippen molar-refractivity contribution in [3.63, 3.8) is 0 Å². The van der Waals surface area contributed by atoms with Gasteiger partial charge in [-0.1, -0.05) is 18.2 Å². The number of nitrogens with one attached hydrogen (secondary N) is 3. The summed E-state index contributed by atoms with van der Waals surface area (Å²) in [6.45, 7) is 3.31. The topological polar surface area (TPSA) is 73.5 Å². The van der Waals surface area contributed by atoms with Gasteiger partial charge in [0, 0.05) is 41.8 Å². The van der Waals surface area contributed by atoms with Crippen molar-refractivity contribution in [2.45, 2.75) is 13.5 Å². The summed E-state index contributed by atoms with van der Waals surface area (Å²) in [7, 11) is 4.06. The van der Waals surface area contributed by atoms with Crippen LogP contribution >= 0.6 is 0 Å². The molecule has 1 heterocycles. The second kappa shape index (κ2) is 8.05. The van der Waals surface area contributed by atoms with Gasteiger partial charge in [0.1, 0.15) is 0 Å². The summed E-state index contributed by atoms with van der Waals surface area (Å²) in [4.78, 5) is 26.4. The standard InChI is InChI=1S/C21H24N4O2/c1-4-22-20(26)15-7-10-17-18(21(27)24-19(17)11-15)12-23-16-8-5-14(6-9-16)13-25(2)3/h5-12,23H,4,13H2,1-3H3,(H,22,26)(H,24,27)/b18-12-. The molecule has 0 spiro atoms. The third kappa shape index (κ3) is 4.35. The van der Waals surface area contributed by atoms with Gasteiger partial charge in [-0.25, -0.2) is 0 Å². The molecular formula is C21H24N4O2. The molecule has 27 heavy (non-hydrogen) atoms. The molecule has 140 valence electrons. The summed E-state index contributed by atoms with van der Waals surface area (Å²) in [6, 6.07) is 13.3. The lowest BCUT2D eigenvalue weighted by molar-refractivity contribution is -0.110. The van der Waals surface area contributed by atoms with Gasteiger partial charge in [0.05, 0.1) is 5.57 Å². The van der Waals surface area contributed by atoms with Crippen molar-refractivity contribution in [1.29, 1.82) is 0 Å². The summed E-state index contributed by atoms with van der Waals surface area (Å²) < 4.78 is 0. The Balaban J connectivity index is 1.76. The number of nitrogens with zero attached hydrogens (tertiary/aromatic N) is 1. The fraction of sp³-hybridized carbons (Fsp3) is 0.238. The van der Waals surface area contributed by atoms with E-state index in [-0.39, 0.29) is 11.8 Å². The smallest absolute Gasteiger partial charge is 0.257 e. The molecule has 3 N–H and O–H groups in total.